The van der Waals surface area contributed by atoms with Gasteiger partial charge in [0.05, 0.1) is 11.0 Å². The summed E-state index contributed by atoms with van der Waals surface area (Å²) in [6, 6.07) is 5.06. The number of H-pyrrole nitrogens is 2. The first-order valence-electron chi connectivity index (χ1n) is 8.62. The second kappa shape index (κ2) is 7.42. The lowest BCUT2D eigenvalue weighted by Crippen LogP contribution is -2.42. The minimum absolute atomic E-state index is 0.0672. The molecule has 0 unspecified atom stereocenters. The Labute approximate surface area is 145 Å². The van der Waals surface area contributed by atoms with Crippen LogP contribution in [0.15, 0.2) is 23.0 Å². The molecule has 3 rings (SSSR count). The van der Waals surface area contributed by atoms with Crippen LogP contribution in [0.2, 0.25) is 0 Å². The number of hydrogen-bond acceptors (Lipinski definition) is 3. The third-order valence-corrected chi connectivity index (χ3v) is 4.36. The zero-order valence-corrected chi connectivity index (χ0v) is 14.3. The van der Waals surface area contributed by atoms with Gasteiger partial charge in [0.25, 0.3) is 5.91 Å². The molecule has 0 aliphatic carbocycles. The lowest BCUT2D eigenvalue weighted by atomic mass is 10.1. The molecule has 3 N–H and O–H groups in total. The topological polar surface area (TPSA) is 101 Å². The van der Waals surface area contributed by atoms with E-state index < -0.39 is 0 Å². The number of nitrogens with one attached hydrogen (secondary N) is 3. The van der Waals surface area contributed by atoms with Gasteiger partial charge in [0, 0.05) is 38.3 Å². The molecule has 8 heteroatoms. The molecule has 0 radical (unpaired) electrons. The number of aromatic amines is 2. The van der Waals surface area contributed by atoms with Crippen molar-refractivity contribution in [3.8, 4) is 0 Å². The monoisotopic (exact) mass is 345 g/mol. The minimum atomic E-state index is -0.289. The van der Waals surface area contributed by atoms with Crippen molar-refractivity contribution in [1.82, 2.24) is 25.1 Å². The molecular formula is C17H23N5O3. The fourth-order valence-corrected chi connectivity index (χ4v) is 3.02. The first-order valence-corrected chi connectivity index (χ1v) is 8.62. The van der Waals surface area contributed by atoms with E-state index in [-0.39, 0.29) is 17.6 Å². The highest BCUT2D eigenvalue weighted by molar-refractivity contribution is 5.97. The van der Waals surface area contributed by atoms with E-state index >= 15 is 0 Å². The van der Waals surface area contributed by atoms with Crippen molar-refractivity contribution in [3.05, 3.63) is 34.2 Å². The molecule has 1 aromatic carbocycles. The summed E-state index contributed by atoms with van der Waals surface area (Å²) in [4.78, 5) is 45.0. The molecule has 0 saturated carbocycles. The van der Waals surface area contributed by atoms with Gasteiger partial charge in [-0.3, -0.25) is 4.79 Å². The van der Waals surface area contributed by atoms with Crippen LogP contribution < -0.4 is 11.0 Å². The van der Waals surface area contributed by atoms with Crippen molar-refractivity contribution in [1.29, 1.82) is 0 Å². The molecule has 2 heterocycles. The Kier molecular flexibility index (Phi) is 5.06. The van der Waals surface area contributed by atoms with Crippen molar-refractivity contribution < 1.29 is 9.59 Å². The van der Waals surface area contributed by atoms with E-state index in [0.717, 1.165) is 12.8 Å². The van der Waals surface area contributed by atoms with Crippen LogP contribution in [0.4, 0.5) is 4.79 Å². The van der Waals surface area contributed by atoms with E-state index in [1.807, 2.05) is 6.92 Å². The van der Waals surface area contributed by atoms with E-state index in [2.05, 4.69) is 15.3 Å². The molecule has 0 bridgehead atoms. The summed E-state index contributed by atoms with van der Waals surface area (Å²) in [7, 11) is 0. The number of nitrogens with zero attached hydrogens (tertiary/aromatic N) is 2. The fraction of sp³-hybridized carbons (Fsp3) is 0.471. The first kappa shape index (κ1) is 17.1. The number of hydrogen-bond donors (Lipinski definition) is 3. The van der Waals surface area contributed by atoms with E-state index in [4.69, 9.17) is 0 Å². The Hall–Kier alpha value is -2.77. The molecule has 2 aromatic rings. The van der Waals surface area contributed by atoms with Crippen molar-refractivity contribution in [2.75, 3.05) is 32.7 Å². The number of aromatic nitrogens is 2. The number of carbonyl (C=O) groups excluding carboxylic acids is 2. The third kappa shape index (κ3) is 3.84. The number of amides is 3. The smallest absolute Gasteiger partial charge is 0.323 e. The van der Waals surface area contributed by atoms with Crippen molar-refractivity contribution >= 4 is 23.0 Å². The van der Waals surface area contributed by atoms with Crippen LogP contribution >= 0.6 is 0 Å². The van der Waals surface area contributed by atoms with E-state index in [0.29, 0.717) is 49.3 Å². The summed E-state index contributed by atoms with van der Waals surface area (Å²) in [6.07, 6.45) is 1.64. The second-order valence-electron chi connectivity index (χ2n) is 6.20. The SMILES string of the molecule is CCCNC(=O)N1CCCN(C(=O)c2ccc3[nH]c(=O)[nH]c3c2)CC1. The van der Waals surface area contributed by atoms with Gasteiger partial charge in [0.2, 0.25) is 0 Å². The van der Waals surface area contributed by atoms with Gasteiger partial charge in [-0.2, -0.15) is 0 Å². The van der Waals surface area contributed by atoms with E-state index in [9.17, 15) is 14.4 Å². The Morgan fingerprint density at radius 3 is 2.60 bits per heavy atom. The normalized spacial score (nSPS) is 15.2. The van der Waals surface area contributed by atoms with Crippen LogP contribution in [-0.2, 0) is 0 Å². The van der Waals surface area contributed by atoms with Gasteiger partial charge in [0.1, 0.15) is 0 Å². The molecule has 0 spiro atoms. The highest BCUT2D eigenvalue weighted by Crippen LogP contribution is 2.14. The van der Waals surface area contributed by atoms with Crippen LogP contribution in [-0.4, -0.2) is 64.4 Å². The van der Waals surface area contributed by atoms with Gasteiger partial charge in [-0.25, -0.2) is 9.59 Å². The summed E-state index contributed by atoms with van der Waals surface area (Å²) in [5.74, 6) is -0.0836. The van der Waals surface area contributed by atoms with Crippen LogP contribution in [0.1, 0.15) is 30.1 Å². The summed E-state index contributed by atoms with van der Waals surface area (Å²) in [5.41, 5.74) is 1.54. The van der Waals surface area contributed by atoms with Gasteiger partial charge in [-0.1, -0.05) is 6.92 Å². The summed E-state index contributed by atoms with van der Waals surface area (Å²) in [5, 5.41) is 2.87. The molecule has 3 amide bonds. The average molecular weight is 345 g/mol. The van der Waals surface area contributed by atoms with Gasteiger partial charge >= 0.3 is 11.7 Å². The highest BCUT2D eigenvalue weighted by Gasteiger charge is 2.22. The Balaban J connectivity index is 1.67. The lowest BCUT2D eigenvalue weighted by molar-refractivity contribution is 0.0762. The maximum absolute atomic E-state index is 12.8. The van der Waals surface area contributed by atoms with Crippen molar-refractivity contribution in [3.63, 3.8) is 0 Å². The maximum Gasteiger partial charge on any atom is 0.323 e. The largest absolute Gasteiger partial charge is 0.338 e. The number of carbonyl (C=O) groups is 2. The molecule has 1 fully saturated rings. The van der Waals surface area contributed by atoms with Crippen molar-refractivity contribution in [2.45, 2.75) is 19.8 Å². The third-order valence-electron chi connectivity index (χ3n) is 4.36. The van der Waals surface area contributed by atoms with E-state index in [1.165, 1.54) is 0 Å². The number of rotatable bonds is 3. The Bertz CT molecular complexity index is 825. The zero-order valence-electron chi connectivity index (χ0n) is 14.3. The van der Waals surface area contributed by atoms with Crippen LogP contribution in [0.5, 0.6) is 0 Å². The molecule has 134 valence electrons. The summed E-state index contributed by atoms with van der Waals surface area (Å²) in [6.45, 7) is 4.94. The average Bonchev–Trinajstić information content (AvgIpc) is 2.82. The van der Waals surface area contributed by atoms with Gasteiger partial charge < -0.3 is 25.1 Å². The summed E-state index contributed by atoms with van der Waals surface area (Å²) < 4.78 is 0. The van der Waals surface area contributed by atoms with Crippen molar-refractivity contribution in [2.24, 2.45) is 0 Å². The fourth-order valence-electron chi connectivity index (χ4n) is 3.02. The van der Waals surface area contributed by atoms with E-state index in [1.54, 1.807) is 28.0 Å². The predicted octanol–water partition coefficient (Wildman–Crippen LogP) is 1.12. The van der Waals surface area contributed by atoms with Gasteiger partial charge in [-0.05, 0) is 31.0 Å². The second-order valence-corrected chi connectivity index (χ2v) is 6.20. The summed E-state index contributed by atoms with van der Waals surface area (Å²) >= 11 is 0. The number of benzene rings is 1. The van der Waals surface area contributed by atoms with Gasteiger partial charge in [-0.15, -0.1) is 0 Å². The first-order chi connectivity index (χ1) is 12.1. The number of imidazole rings is 1. The minimum Gasteiger partial charge on any atom is -0.338 e. The number of fused-ring (bicyclic) bond motifs is 1. The molecule has 1 aliphatic heterocycles. The molecule has 1 aliphatic rings. The molecule has 25 heavy (non-hydrogen) atoms. The van der Waals surface area contributed by atoms with Crippen LogP contribution in [0, 0.1) is 0 Å². The quantitative estimate of drug-likeness (QED) is 0.777. The standard InChI is InChI=1S/C17H23N5O3/c1-2-6-18-17(25)22-8-3-7-21(9-10-22)15(23)12-4-5-13-14(11-12)20-16(24)19-13/h4-5,11H,2-3,6-10H2,1H3,(H,18,25)(H2,19,20,24). The lowest BCUT2D eigenvalue weighted by Gasteiger charge is -2.22. The number of urea groups is 1. The molecule has 0 atom stereocenters. The Morgan fingerprint density at radius 1 is 1.08 bits per heavy atom. The maximum atomic E-state index is 12.8. The van der Waals surface area contributed by atoms with Gasteiger partial charge in [0.15, 0.2) is 0 Å². The Morgan fingerprint density at radius 2 is 1.80 bits per heavy atom. The van der Waals surface area contributed by atoms with Crippen LogP contribution in [0.3, 0.4) is 0 Å². The predicted molar refractivity (Wildman–Crippen MR) is 94.7 cm³/mol. The van der Waals surface area contributed by atoms with Crippen LogP contribution in [0.25, 0.3) is 11.0 Å². The molecule has 1 aromatic heterocycles. The zero-order chi connectivity index (χ0) is 17.8. The highest BCUT2D eigenvalue weighted by atomic mass is 16.2. The molecule has 8 nitrogen and oxygen atoms in total. The molecule has 1 saturated heterocycles. The molecular weight excluding hydrogens is 322 g/mol.